The maximum atomic E-state index is 6.41. The average Bonchev–Trinajstić information content (AvgIpc) is 2.77. The lowest BCUT2D eigenvalue weighted by Crippen LogP contribution is -2.24. The molecule has 1 aliphatic rings. The first kappa shape index (κ1) is 15.6. The Bertz CT molecular complexity index is 650. The third kappa shape index (κ3) is 3.09. The van der Waals surface area contributed by atoms with Gasteiger partial charge in [0.05, 0.1) is 16.4 Å². The molecule has 0 bridgehead atoms. The molecule has 114 valence electrons. The topological polar surface area (TPSA) is 17.8 Å². The van der Waals surface area contributed by atoms with Gasteiger partial charge in [0.1, 0.15) is 5.82 Å². The minimum atomic E-state index is -0.0509. The molecule has 1 fully saturated rings. The van der Waals surface area contributed by atoms with Crippen LogP contribution in [0.1, 0.15) is 63.7 Å². The SMILES string of the molecule is CC(Cl)c1nc2cc(I)ccc2n1C1CCC(C)(C)CC1. The van der Waals surface area contributed by atoms with Gasteiger partial charge in [-0.15, -0.1) is 11.6 Å². The van der Waals surface area contributed by atoms with Crippen LogP contribution in [0.3, 0.4) is 0 Å². The van der Waals surface area contributed by atoms with Crippen LogP contribution in [-0.2, 0) is 0 Å². The first-order valence-corrected chi connectivity index (χ1v) is 9.20. The van der Waals surface area contributed by atoms with Gasteiger partial charge >= 0.3 is 0 Å². The lowest BCUT2D eigenvalue weighted by atomic mass is 9.75. The van der Waals surface area contributed by atoms with E-state index >= 15 is 0 Å². The van der Waals surface area contributed by atoms with Crippen molar-refractivity contribution in [1.29, 1.82) is 0 Å². The molecule has 21 heavy (non-hydrogen) atoms. The van der Waals surface area contributed by atoms with Crippen molar-refractivity contribution in [2.75, 3.05) is 0 Å². The van der Waals surface area contributed by atoms with E-state index in [0.717, 1.165) is 11.3 Å². The van der Waals surface area contributed by atoms with Crippen molar-refractivity contribution >= 4 is 45.2 Å². The molecule has 2 nitrogen and oxygen atoms in total. The van der Waals surface area contributed by atoms with Crippen LogP contribution in [0.4, 0.5) is 0 Å². The zero-order chi connectivity index (χ0) is 15.2. The normalized spacial score (nSPS) is 20.8. The molecule has 1 unspecified atom stereocenters. The van der Waals surface area contributed by atoms with E-state index in [1.807, 2.05) is 6.92 Å². The molecule has 4 heteroatoms. The van der Waals surface area contributed by atoms with Gasteiger partial charge in [0.25, 0.3) is 0 Å². The maximum absolute atomic E-state index is 6.41. The molecular weight excluding hydrogens is 395 g/mol. The van der Waals surface area contributed by atoms with Crippen LogP contribution in [0.2, 0.25) is 0 Å². The van der Waals surface area contributed by atoms with Gasteiger partial charge in [-0.3, -0.25) is 0 Å². The number of hydrogen-bond acceptors (Lipinski definition) is 1. The molecular formula is C17H22ClIN2. The van der Waals surface area contributed by atoms with Crippen molar-refractivity contribution in [3.63, 3.8) is 0 Å². The Morgan fingerprint density at radius 3 is 2.62 bits per heavy atom. The van der Waals surface area contributed by atoms with Crippen LogP contribution in [-0.4, -0.2) is 9.55 Å². The van der Waals surface area contributed by atoms with Crippen LogP contribution in [0.25, 0.3) is 11.0 Å². The summed E-state index contributed by atoms with van der Waals surface area (Å²) in [7, 11) is 0. The van der Waals surface area contributed by atoms with Gasteiger partial charge in [-0.25, -0.2) is 4.98 Å². The Labute approximate surface area is 145 Å². The zero-order valence-corrected chi connectivity index (χ0v) is 15.8. The summed E-state index contributed by atoms with van der Waals surface area (Å²) in [6.45, 7) is 6.78. The highest BCUT2D eigenvalue weighted by Gasteiger charge is 2.30. The summed E-state index contributed by atoms with van der Waals surface area (Å²) in [6, 6.07) is 7.06. The summed E-state index contributed by atoms with van der Waals surface area (Å²) in [6.07, 6.45) is 5.00. The highest BCUT2D eigenvalue weighted by molar-refractivity contribution is 14.1. The minimum absolute atomic E-state index is 0.0509. The van der Waals surface area contributed by atoms with Gasteiger partial charge in [-0.05, 0) is 78.8 Å². The Morgan fingerprint density at radius 2 is 2.00 bits per heavy atom. The monoisotopic (exact) mass is 416 g/mol. The second-order valence-electron chi connectivity index (χ2n) is 6.98. The minimum Gasteiger partial charge on any atom is -0.324 e. The second-order valence-corrected chi connectivity index (χ2v) is 8.88. The van der Waals surface area contributed by atoms with Crippen molar-refractivity contribution in [3.8, 4) is 0 Å². The maximum Gasteiger partial charge on any atom is 0.127 e. The fourth-order valence-corrected chi connectivity index (χ4v) is 4.03. The molecule has 1 aromatic carbocycles. The summed E-state index contributed by atoms with van der Waals surface area (Å²) < 4.78 is 3.64. The Morgan fingerprint density at radius 1 is 1.33 bits per heavy atom. The van der Waals surface area contributed by atoms with Crippen molar-refractivity contribution in [1.82, 2.24) is 9.55 Å². The van der Waals surface area contributed by atoms with Gasteiger partial charge in [0, 0.05) is 9.61 Å². The van der Waals surface area contributed by atoms with Gasteiger partial charge in [-0.2, -0.15) is 0 Å². The molecule has 1 atom stereocenters. The van der Waals surface area contributed by atoms with E-state index in [4.69, 9.17) is 16.6 Å². The first-order chi connectivity index (χ1) is 9.87. The lowest BCUT2D eigenvalue weighted by molar-refractivity contribution is 0.194. The standard InChI is InChI=1S/C17H22ClIN2/c1-11(18)16-20-14-10-12(19)4-5-15(14)21(16)13-6-8-17(2,3)9-7-13/h4-5,10-11,13H,6-9H2,1-3H3. The smallest absolute Gasteiger partial charge is 0.127 e. The van der Waals surface area contributed by atoms with E-state index in [2.05, 4.69) is 59.2 Å². The molecule has 1 heterocycles. The summed E-state index contributed by atoms with van der Waals surface area (Å²) in [4.78, 5) is 4.81. The van der Waals surface area contributed by atoms with E-state index in [1.54, 1.807) is 0 Å². The molecule has 1 aliphatic carbocycles. The van der Waals surface area contributed by atoms with Gasteiger partial charge in [-0.1, -0.05) is 13.8 Å². The molecule has 0 radical (unpaired) electrons. The van der Waals surface area contributed by atoms with Crippen molar-refractivity contribution < 1.29 is 0 Å². The third-order valence-corrected chi connectivity index (χ3v) is 5.57. The predicted molar refractivity (Wildman–Crippen MR) is 98.0 cm³/mol. The zero-order valence-electron chi connectivity index (χ0n) is 12.9. The van der Waals surface area contributed by atoms with Crippen LogP contribution in [0.5, 0.6) is 0 Å². The fourth-order valence-electron chi connectivity index (χ4n) is 3.40. The Hall–Kier alpha value is -0.290. The summed E-state index contributed by atoms with van der Waals surface area (Å²) in [5, 5.41) is -0.0509. The highest BCUT2D eigenvalue weighted by Crippen LogP contribution is 2.42. The highest BCUT2D eigenvalue weighted by atomic mass is 127. The number of fused-ring (bicyclic) bond motifs is 1. The quantitative estimate of drug-likeness (QED) is 0.428. The molecule has 1 saturated carbocycles. The molecule has 0 spiro atoms. The van der Waals surface area contributed by atoms with E-state index in [1.165, 1.54) is 34.8 Å². The van der Waals surface area contributed by atoms with Gasteiger partial charge in [0.15, 0.2) is 0 Å². The summed E-state index contributed by atoms with van der Waals surface area (Å²) in [5.41, 5.74) is 2.80. The summed E-state index contributed by atoms with van der Waals surface area (Å²) in [5.74, 6) is 1.03. The number of rotatable bonds is 2. The van der Waals surface area contributed by atoms with E-state index in [9.17, 15) is 0 Å². The number of halogens is 2. The number of nitrogens with zero attached hydrogens (tertiary/aromatic N) is 2. The number of imidazole rings is 1. The molecule has 2 aromatic rings. The van der Waals surface area contributed by atoms with E-state index < -0.39 is 0 Å². The third-order valence-electron chi connectivity index (χ3n) is 4.71. The number of alkyl halides is 1. The summed E-state index contributed by atoms with van der Waals surface area (Å²) >= 11 is 8.75. The van der Waals surface area contributed by atoms with Crippen LogP contribution in [0.15, 0.2) is 18.2 Å². The van der Waals surface area contributed by atoms with Crippen molar-refractivity contribution in [3.05, 3.63) is 27.6 Å². The molecule has 3 rings (SSSR count). The number of benzene rings is 1. The van der Waals surface area contributed by atoms with Crippen LogP contribution < -0.4 is 0 Å². The van der Waals surface area contributed by atoms with Crippen LogP contribution >= 0.6 is 34.2 Å². The molecule has 0 aliphatic heterocycles. The molecule has 1 aromatic heterocycles. The molecule has 0 amide bonds. The van der Waals surface area contributed by atoms with Gasteiger partial charge in [0.2, 0.25) is 0 Å². The predicted octanol–water partition coefficient (Wildman–Crippen LogP) is 6.08. The average molecular weight is 417 g/mol. The second kappa shape index (κ2) is 5.73. The largest absolute Gasteiger partial charge is 0.324 e. The fraction of sp³-hybridized carbons (Fsp3) is 0.588. The Kier molecular flexibility index (Phi) is 4.25. The van der Waals surface area contributed by atoms with Crippen molar-refractivity contribution in [2.45, 2.75) is 57.9 Å². The van der Waals surface area contributed by atoms with Crippen molar-refractivity contribution in [2.24, 2.45) is 5.41 Å². The van der Waals surface area contributed by atoms with Gasteiger partial charge < -0.3 is 4.57 Å². The van der Waals surface area contributed by atoms with E-state index in [-0.39, 0.29) is 5.38 Å². The number of aromatic nitrogens is 2. The molecule has 0 N–H and O–H groups in total. The lowest BCUT2D eigenvalue weighted by Gasteiger charge is -2.36. The number of hydrogen-bond donors (Lipinski definition) is 0. The molecule has 0 saturated heterocycles. The first-order valence-electron chi connectivity index (χ1n) is 7.69. The van der Waals surface area contributed by atoms with Crippen LogP contribution in [0, 0.1) is 8.99 Å². The van der Waals surface area contributed by atoms with E-state index in [0.29, 0.717) is 11.5 Å². The Balaban J connectivity index is 2.06.